The molecule has 0 aromatic carbocycles. The molecule has 110 valence electrons. The maximum absolute atomic E-state index is 11.3. The Balaban J connectivity index is 1.98. The molecule has 1 N–H and O–H groups in total. The standard InChI is InChI=1S/C15H27NO3/c1-3-11-5-7-12(8-6-11)16(4-2)14-10-19-9-13(14)15(17)18/h11-14H,3-10H2,1-2H3,(H,17,18). The van der Waals surface area contributed by atoms with Gasteiger partial charge in [0.2, 0.25) is 0 Å². The lowest BCUT2D eigenvalue weighted by Gasteiger charge is -2.40. The predicted molar refractivity (Wildman–Crippen MR) is 74.1 cm³/mol. The second kappa shape index (κ2) is 6.71. The lowest BCUT2D eigenvalue weighted by atomic mass is 9.83. The number of carboxylic acid groups (broad SMARTS) is 1. The largest absolute Gasteiger partial charge is 0.481 e. The van der Waals surface area contributed by atoms with Crippen LogP contribution in [0.3, 0.4) is 0 Å². The molecule has 2 rings (SSSR count). The monoisotopic (exact) mass is 269 g/mol. The van der Waals surface area contributed by atoms with E-state index in [4.69, 9.17) is 4.74 Å². The maximum atomic E-state index is 11.3. The summed E-state index contributed by atoms with van der Waals surface area (Å²) in [6.45, 7) is 6.30. The van der Waals surface area contributed by atoms with Gasteiger partial charge in [-0.3, -0.25) is 9.69 Å². The first-order valence-corrected chi connectivity index (χ1v) is 7.73. The molecular weight excluding hydrogens is 242 g/mol. The van der Waals surface area contributed by atoms with E-state index < -0.39 is 5.97 Å². The fourth-order valence-electron chi connectivity index (χ4n) is 3.75. The molecule has 2 aliphatic rings. The van der Waals surface area contributed by atoms with Crippen molar-refractivity contribution in [2.75, 3.05) is 19.8 Å². The van der Waals surface area contributed by atoms with Crippen LogP contribution in [0.4, 0.5) is 0 Å². The van der Waals surface area contributed by atoms with Crippen LogP contribution in [0.5, 0.6) is 0 Å². The number of likely N-dealkylation sites (N-methyl/N-ethyl adjacent to an activating group) is 1. The number of aliphatic carboxylic acids is 1. The van der Waals surface area contributed by atoms with Crippen LogP contribution in [0.1, 0.15) is 46.0 Å². The van der Waals surface area contributed by atoms with Gasteiger partial charge in [0.15, 0.2) is 0 Å². The first-order valence-electron chi connectivity index (χ1n) is 7.73. The van der Waals surface area contributed by atoms with Gasteiger partial charge in [0, 0.05) is 12.1 Å². The van der Waals surface area contributed by atoms with E-state index >= 15 is 0 Å². The zero-order valence-electron chi connectivity index (χ0n) is 12.2. The smallest absolute Gasteiger partial charge is 0.310 e. The van der Waals surface area contributed by atoms with Gasteiger partial charge in [0.1, 0.15) is 0 Å². The van der Waals surface area contributed by atoms with Crippen LogP contribution >= 0.6 is 0 Å². The van der Waals surface area contributed by atoms with Crippen molar-refractivity contribution in [3.8, 4) is 0 Å². The highest BCUT2D eigenvalue weighted by atomic mass is 16.5. The van der Waals surface area contributed by atoms with Gasteiger partial charge in [-0.1, -0.05) is 20.3 Å². The van der Waals surface area contributed by atoms with E-state index in [1.54, 1.807) is 0 Å². The average Bonchev–Trinajstić information content (AvgIpc) is 2.90. The Hall–Kier alpha value is -0.610. The summed E-state index contributed by atoms with van der Waals surface area (Å²) in [5.74, 6) is -0.169. The molecule has 0 amide bonds. The molecule has 2 atom stereocenters. The van der Waals surface area contributed by atoms with Crippen molar-refractivity contribution < 1.29 is 14.6 Å². The van der Waals surface area contributed by atoms with Crippen molar-refractivity contribution in [2.45, 2.75) is 58.0 Å². The third-order valence-corrected chi connectivity index (χ3v) is 5.02. The number of rotatable bonds is 5. The summed E-state index contributed by atoms with van der Waals surface area (Å²) in [7, 11) is 0. The van der Waals surface area contributed by atoms with E-state index in [0.717, 1.165) is 12.5 Å². The van der Waals surface area contributed by atoms with E-state index in [1.165, 1.54) is 32.1 Å². The Morgan fingerprint density at radius 2 is 1.89 bits per heavy atom. The molecule has 1 saturated carbocycles. The number of hydrogen-bond donors (Lipinski definition) is 1. The van der Waals surface area contributed by atoms with Gasteiger partial charge in [-0.15, -0.1) is 0 Å². The average molecular weight is 269 g/mol. The van der Waals surface area contributed by atoms with Gasteiger partial charge in [-0.25, -0.2) is 0 Å². The van der Waals surface area contributed by atoms with Crippen molar-refractivity contribution >= 4 is 5.97 Å². The van der Waals surface area contributed by atoms with Gasteiger partial charge >= 0.3 is 5.97 Å². The molecule has 0 aromatic heterocycles. The van der Waals surface area contributed by atoms with E-state index in [-0.39, 0.29) is 12.0 Å². The first-order chi connectivity index (χ1) is 9.17. The van der Waals surface area contributed by atoms with Crippen LogP contribution in [0, 0.1) is 11.8 Å². The molecule has 4 nitrogen and oxygen atoms in total. The minimum absolute atomic E-state index is 0.0747. The van der Waals surface area contributed by atoms with Crippen LogP contribution in [-0.2, 0) is 9.53 Å². The Morgan fingerprint density at radius 3 is 2.42 bits per heavy atom. The highest BCUT2D eigenvalue weighted by Crippen LogP contribution is 2.32. The fourth-order valence-corrected chi connectivity index (χ4v) is 3.75. The van der Waals surface area contributed by atoms with Gasteiger partial charge in [0.05, 0.1) is 19.1 Å². The Labute approximate surface area is 116 Å². The summed E-state index contributed by atoms with van der Waals surface area (Å²) >= 11 is 0. The van der Waals surface area contributed by atoms with Gasteiger partial charge in [-0.05, 0) is 38.1 Å². The molecule has 0 spiro atoms. The van der Waals surface area contributed by atoms with E-state index in [0.29, 0.717) is 19.3 Å². The van der Waals surface area contributed by atoms with Crippen LogP contribution in [0.2, 0.25) is 0 Å². The fraction of sp³-hybridized carbons (Fsp3) is 0.933. The molecule has 1 saturated heterocycles. The molecule has 0 aromatic rings. The van der Waals surface area contributed by atoms with Crippen LogP contribution < -0.4 is 0 Å². The topological polar surface area (TPSA) is 49.8 Å². The van der Waals surface area contributed by atoms with Crippen LogP contribution in [0.25, 0.3) is 0 Å². The van der Waals surface area contributed by atoms with E-state index in [9.17, 15) is 9.90 Å². The minimum Gasteiger partial charge on any atom is -0.481 e. The molecule has 0 bridgehead atoms. The van der Waals surface area contributed by atoms with Crippen molar-refractivity contribution in [3.05, 3.63) is 0 Å². The highest BCUT2D eigenvalue weighted by molar-refractivity contribution is 5.71. The summed E-state index contributed by atoms with van der Waals surface area (Å²) in [5.41, 5.74) is 0. The normalized spacial score (nSPS) is 35.7. The minimum atomic E-state index is -0.705. The lowest BCUT2D eigenvalue weighted by molar-refractivity contribution is -0.143. The number of ether oxygens (including phenoxy) is 1. The summed E-state index contributed by atoms with van der Waals surface area (Å²) in [6.07, 6.45) is 6.31. The summed E-state index contributed by atoms with van der Waals surface area (Å²) in [4.78, 5) is 13.7. The van der Waals surface area contributed by atoms with Crippen molar-refractivity contribution in [1.82, 2.24) is 4.90 Å². The number of nitrogens with zero attached hydrogens (tertiary/aromatic N) is 1. The van der Waals surface area contributed by atoms with Gasteiger partial charge in [-0.2, -0.15) is 0 Å². The molecule has 0 radical (unpaired) electrons. The second-order valence-corrected chi connectivity index (χ2v) is 5.96. The summed E-state index contributed by atoms with van der Waals surface area (Å²) in [5, 5.41) is 9.30. The maximum Gasteiger partial charge on any atom is 0.310 e. The lowest BCUT2D eigenvalue weighted by Crippen LogP contribution is -2.49. The quantitative estimate of drug-likeness (QED) is 0.832. The number of hydrogen-bond acceptors (Lipinski definition) is 3. The van der Waals surface area contributed by atoms with Crippen LogP contribution in [0.15, 0.2) is 0 Å². The van der Waals surface area contributed by atoms with Crippen molar-refractivity contribution in [1.29, 1.82) is 0 Å². The SMILES string of the molecule is CCC1CCC(N(CC)C2COCC2C(=O)O)CC1. The van der Waals surface area contributed by atoms with Gasteiger partial charge < -0.3 is 9.84 Å². The van der Waals surface area contributed by atoms with Crippen LogP contribution in [-0.4, -0.2) is 47.8 Å². The molecule has 1 aliphatic carbocycles. The molecule has 1 heterocycles. The second-order valence-electron chi connectivity index (χ2n) is 5.96. The zero-order chi connectivity index (χ0) is 13.8. The highest BCUT2D eigenvalue weighted by Gasteiger charge is 2.40. The first kappa shape index (κ1) is 14.8. The molecule has 1 aliphatic heterocycles. The Morgan fingerprint density at radius 1 is 1.21 bits per heavy atom. The van der Waals surface area contributed by atoms with E-state index in [2.05, 4.69) is 18.7 Å². The van der Waals surface area contributed by atoms with E-state index in [1.807, 2.05) is 0 Å². The molecular formula is C15H27NO3. The number of carbonyl (C=O) groups is 1. The van der Waals surface area contributed by atoms with Gasteiger partial charge in [0.25, 0.3) is 0 Å². The Bertz CT molecular complexity index is 300. The molecule has 4 heteroatoms. The summed E-state index contributed by atoms with van der Waals surface area (Å²) < 4.78 is 5.42. The molecule has 2 fully saturated rings. The number of carboxylic acids is 1. The zero-order valence-corrected chi connectivity index (χ0v) is 12.2. The predicted octanol–water partition coefficient (Wildman–Crippen LogP) is 2.38. The molecule has 2 unspecified atom stereocenters. The molecule has 19 heavy (non-hydrogen) atoms. The van der Waals surface area contributed by atoms with Crippen molar-refractivity contribution in [3.63, 3.8) is 0 Å². The summed E-state index contributed by atoms with van der Waals surface area (Å²) in [6, 6.07) is 0.632. The third kappa shape index (κ3) is 3.29. The third-order valence-electron chi connectivity index (χ3n) is 5.02. The van der Waals surface area contributed by atoms with Crippen molar-refractivity contribution in [2.24, 2.45) is 11.8 Å². The Kier molecular flexibility index (Phi) is 5.22.